The van der Waals surface area contributed by atoms with Crippen LogP contribution in [0.15, 0.2) is 29.3 Å². The summed E-state index contributed by atoms with van der Waals surface area (Å²) < 4.78 is 79.7. The van der Waals surface area contributed by atoms with Crippen LogP contribution >= 0.6 is 0 Å². The van der Waals surface area contributed by atoms with Crippen molar-refractivity contribution in [2.75, 3.05) is 6.54 Å². The molecule has 0 heterocycles. The van der Waals surface area contributed by atoms with E-state index < -0.39 is 57.4 Å². The first-order valence-electron chi connectivity index (χ1n) is 9.67. The van der Waals surface area contributed by atoms with Gasteiger partial charge >= 0.3 is 0 Å². The molecule has 2 rings (SSSR count). The van der Waals surface area contributed by atoms with Crippen LogP contribution in [0.25, 0.3) is 0 Å². The molecule has 1 atom stereocenters. The van der Waals surface area contributed by atoms with E-state index in [2.05, 4.69) is 24.6 Å². The topological polar surface area (TPSA) is 30.8 Å². The van der Waals surface area contributed by atoms with E-state index in [1.807, 2.05) is 43.9 Å². The lowest BCUT2D eigenvalue weighted by Crippen LogP contribution is -2.30. The van der Waals surface area contributed by atoms with Crippen molar-refractivity contribution in [1.82, 2.24) is 0 Å². The van der Waals surface area contributed by atoms with Gasteiger partial charge in [0.1, 0.15) is 5.75 Å². The lowest BCUT2D eigenvalue weighted by Gasteiger charge is -2.26. The van der Waals surface area contributed by atoms with E-state index >= 15 is 0 Å². The zero-order valence-electron chi connectivity index (χ0n) is 18.3. The van der Waals surface area contributed by atoms with Crippen LogP contribution in [-0.4, -0.2) is 29.4 Å². The van der Waals surface area contributed by atoms with Crippen LogP contribution in [0.1, 0.15) is 17.2 Å². The number of aliphatic imine (C=N–C) groups is 1. The maximum Gasteiger partial charge on any atom is 0.242 e. The van der Waals surface area contributed by atoms with Crippen LogP contribution < -0.4 is 4.43 Å². The van der Waals surface area contributed by atoms with Gasteiger partial charge in [0.15, 0.2) is 31.6 Å². The molecule has 2 aromatic carbocycles. The van der Waals surface area contributed by atoms with E-state index in [1.165, 1.54) is 0 Å². The molecule has 0 saturated carbocycles. The molecule has 0 spiro atoms. The van der Waals surface area contributed by atoms with Crippen LogP contribution in [0.4, 0.5) is 22.0 Å². The lowest BCUT2D eigenvalue weighted by molar-refractivity contribution is 0.207. The average Bonchev–Trinajstić information content (AvgIpc) is 2.65. The van der Waals surface area contributed by atoms with E-state index in [9.17, 15) is 22.0 Å². The molecule has 0 fully saturated rings. The quantitative estimate of drug-likeness (QED) is 0.141. The fourth-order valence-electron chi connectivity index (χ4n) is 2.72. The zero-order valence-corrected chi connectivity index (χ0v) is 20.3. The van der Waals surface area contributed by atoms with Gasteiger partial charge in [-0.1, -0.05) is 12.1 Å². The van der Waals surface area contributed by atoms with Crippen molar-refractivity contribution in [2.24, 2.45) is 4.99 Å². The van der Waals surface area contributed by atoms with E-state index in [-0.39, 0.29) is 6.54 Å². The fraction of sp³-hybridized carbons (Fsp3) is 0.381. The highest BCUT2D eigenvalue weighted by Crippen LogP contribution is 2.26. The molecule has 0 amide bonds. The summed E-state index contributed by atoms with van der Waals surface area (Å²) >= 11 is 0. The Hall–Kier alpha value is -2.05. The first-order valence-corrected chi connectivity index (χ1v) is 16.5. The Balaban J connectivity index is 2.29. The van der Waals surface area contributed by atoms with Gasteiger partial charge in [0.25, 0.3) is 0 Å². The standard InChI is InChI=1S/C21H26F5NO2Si2/c1-30(2,3)28-14-9-7-13(8-10-14)16(29-31(4,5)6)12-27-11-15-17(22)19(24)21(26)20(25)18(15)23/h7-11,16H,12H2,1-6H3. The van der Waals surface area contributed by atoms with E-state index in [4.69, 9.17) is 8.85 Å². The summed E-state index contributed by atoms with van der Waals surface area (Å²) in [4.78, 5) is 3.93. The third kappa shape index (κ3) is 6.98. The highest BCUT2D eigenvalue weighted by Gasteiger charge is 2.26. The van der Waals surface area contributed by atoms with Gasteiger partial charge in [0.2, 0.25) is 14.1 Å². The smallest absolute Gasteiger partial charge is 0.242 e. The van der Waals surface area contributed by atoms with Gasteiger partial charge in [-0.25, -0.2) is 22.0 Å². The Labute approximate surface area is 181 Å². The molecule has 0 aliphatic heterocycles. The summed E-state index contributed by atoms with van der Waals surface area (Å²) in [6.45, 7) is 12.0. The SMILES string of the molecule is C[Si](C)(C)Oc1ccc(C(CN=Cc2c(F)c(F)c(F)c(F)c2F)O[Si](C)(C)C)cc1. The van der Waals surface area contributed by atoms with Crippen molar-refractivity contribution in [2.45, 2.75) is 45.4 Å². The third-order valence-electron chi connectivity index (χ3n) is 3.91. The summed E-state index contributed by atoms with van der Waals surface area (Å²) in [5, 5.41) is 0. The number of hydrogen-bond acceptors (Lipinski definition) is 3. The monoisotopic (exact) mass is 475 g/mol. The minimum atomic E-state index is -2.20. The molecule has 0 saturated heterocycles. The largest absolute Gasteiger partial charge is 0.544 e. The Kier molecular flexibility index (Phi) is 7.82. The molecule has 0 radical (unpaired) electrons. The second kappa shape index (κ2) is 9.62. The average molecular weight is 476 g/mol. The van der Waals surface area contributed by atoms with Gasteiger partial charge < -0.3 is 8.85 Å². The predicted molar refractivity (Wildman–Crippen MR) is 116 cm³/mol. The van der Waals surface area contributed by atoms with Crippen molar-refractivity contribution >= 4 is 22.8 Å². The van der Waals surface area contributed by atoms with Crippen molar-refractivity contribution in [3.8, 4) is 5.75 Å². The zero-order chi connectivity index (χ0) is 23.6. The van der Waals surface area contributed by atoms with Crippen LogP contribution in [0, 0.1) is 29.1 Å². The summed E-state index contributed by atoms with van der Waals surface area (Å²) in [6.07, 6.45) is 0.101. The maximum absolute atomic E-state index is 13.9. The minimum absolute atomic E-state index is 0.0576. The number of halogens is 5. The number of benzene rings is 2. The molecule has 10 heteroatoms. The van der Waals surface area contributed by atoms with Gasteiger partial charge in [-0.05, 0) is 57.0 Å². The Bertz CT molecular complexity index is 925. The number of nitrogens with zero attached hydrogens (tertiary/aromatic N) is 1. The molecule has 2 aromatic rings. The normalized spacial score (nSPS) is 13.6. The molecule has 170 valence electrons. The molecule has 1 unspecified atom stereocenters. The Morgan fingerprint density at radius 2 is 1.26 bits per heavy atom. The highest BCUT2D eigenvalue weighted by molar-refractivity contribution is 6.70. The molecule has 3 nitrogen and oxygen atoms in total. The second-order valence-electron chi connectivity index (χ2n) is 8.98. The molecule has 0 bridgehead atoms. The predicted octanol–water partition coefficient (Wildman–Crippen LogP) is 6.61. The second-order valence-corrected chi connectivity index (χ2v) is 17.9. The van der Waals surface area contributed by atoms with Crippen LogP contribution in [0.3, 0.4) is 0 Å². The Morgan fingerprint density at radius 3 is 1.71 bits per heavy atom. The fourth-order valence-corrected chi connectivity index (χ4v) is 4.62. The van der Waals surface area contributed by atoms with E-state index in [0.29, 0.717) is 6.21 Å². The molecule has 0 N–H and O–H groups in total. The van der Waals surface area contributed by atoms with Crippen molar-refractivity contribution in [3.05, 3.63) is 64.5 Å². The summed E-state index contributed by atoms with van der Waals surface area (Å²) in [6, 6.07) is 7.24. The van der Waals surface area contributed by atoms with Crippen molar-refractivity contribution < 1.29 is 30.8 Å². The van der Waals surface area contributed by atoms with Gasteiger partial charge in [-0.3, -0.25) is 4.99 Å². The van der Waals surface area contributed by atoms with Crippen LogP contribution in [0.5, 0.6) is 5.75 Å². The highest BCUT2D eigenvalue weighted by atomic mass is 28.4. The number of rotatable bonds is 8. The van der Waals surface area contributed by atoms with Crippen molar-refractivity contribution in [1.29, 1.82) is 0 Å². The Morgan fingerprint density at radius 1 is 0.774 bits per heavy atom. The minimum Gasteiger partial charge on any atom is -0.544 e. The first-order chi connectivity index (χ1) is 14.2. The number of hydrogen-bond donors (Lipinski definition) is 0. The van der Waals surface area contributed by atoms with Crippen LogP contribution in [-0.2, 0) is 4.43 Å². The van der Waals surface area contributed by atoms with E-state index in [1.54, 1.807) is 0 Å². The molecule has 0 aromatic heterocycles. The third-order valence-corrected chi connectivity index (χ3v) is 5.75. The van der Waals surface area contributed by atoms with Crippen molar-refractivity contribution in [3.63, 3.8) is 0 Å². The molecule has 31 heavy (non-hydrogen) atoms. The van der Waals surface area contributed by atoms with Gasteiger partial charge in [0.05, 0.1) is 18.2 Å². The van der Waals surface area contributed by atoms with Gasteiger partial charge in [-0.15, -0.1) is 0 Å². The molecular weight excluding hydrogens is 449 g/mol. The van der Waals surface area contributed by atoms with Gasteiger partial charge in [0, 0.05) is 6.21 Å². The van der Waals surface area contributed by atoms with E-state index in [0.717, 1.165) is 11.3 Å². The molecule has 0 aliphatic carbocycles. The van der Waals surface area contributed by atoms with Gasteiger partial charge in [-0.2, -0.15) is 0 Å². The summed E-state index contributed by atoms with van der Waals surface area (Å²) in [5.41, 5.74) is -0.318. The molecular formula is C21H26F5NO2Si2. The summed E-state index contributed by atoms with van der Waals surface area (Å²) in [7, 11) is -3.82. The first kappa shape index (κ1) is 25.2. The lowest BCUT2D eigenvalue weighted by atomic mass is 10.1. The van der Waals surface area contributed by atoms with Crippen LogP contribution in [0.2, 0.25) is 39.3 Å². The maximum atomic E-state index is 13.9. The molecule has 0 aliphatic rings. The summed E-state index contributed by atoms with van der Waals surface area (Å²) in [5.74, 6) is -9.33.